The molecule has 1 aliphatic rings. The summed E-state index contributed by atoms with van der Waals surface area (Å²) in [6.45, 7) is 2.36. The van der Waals surface area contributed by atoms with Crippen LogP contribution in [0.15, 0.2) is 22.7 Å². The number of halogens is 2. The second-order valence-corrected chi connectivity index (χ2v) is 4.57. The smallest absolute Gasteiger partial charge is 0.0662 e. The Kier molecular flexibility index (Phi) is 3.44. The van der Waals surface area contributed by atoms with Crippen molar-refractivity contribution in [2.24, 2.45) is 0 Å². The Hall–Kier alpha value is -0.0900. The van der Waals surface area contributed by atoms with Gasteiger partial charge in [-0.25, -0.2) is 0 Å². The van der Waals surface area contributed by atoms with Gasteiger partial charge in [0.25, 0.3) is 0 Å². The molecule has 1 aromatic rings. The van der Waals surface area contributed by atoms with Crippen LogP contribution >= 0.6 is 27.5 Å². The zero-order chi connectivity index (χ0) is 9.97. The van der Waals surface area contributed by atoms with Crippen molar-refractivity contribution in [3.8, 4) is 0 Å². The van der Waals surface area contributed by atoms with Gasteiger partial charge in [0.15, 0.2) is 0 Å². The number of rotatable bonds is 1. The van der Waals surface area contributed by atoms with E-state index in [1.165, 1.54) is 0 Å². The van der Waals surface area contributed by atoms with Crippen molar-refractivity contribution >= 4 is 27.5 Å². The van der Waals surface area contributed by atoms with E-state index in [0.29, 0.717) is 6.61 Å². The maximum atomic E-state index is 6.14. The Labute approximate surface area is 96.7 Å². The minimum atomic E-state index is 0.226. The van der Waals surface area contributed by atoms with Crippen molar-refractivity contribution in [1.29, 1.82) is 0 Å². The van der Waals surface area contributed by atoms with Crippen LogP contribution in [0.25, 0.3) is 0 Å². The number of hydrogen-bond donors (Lipinski definition) is 1. The highest BCUT2D eigenvalue weighted by Gasteiger charge is 2.17. The summed E-state index contributed by atoms with van der Waals surface area (Å²) in [4.78, 5) is 0. The topological polar surface area (TPSA) is 21.3 Å². The number of morpholine rings is 1. The van der Waals surface area contributed by atoms with Gasteiger partial charge in [0.05, 0.1) is 19.3 Å². The lowest BCUT2D eigenvalue weighted by Gasteiger charge is -2.24. The van der Waals surface area contributed by atoms with E-state index in [9.17, 15) is 0 Å². The summed E-state index contributed by atoms with van der Waals surface area (Å²) in [7, 11) is 0. The number of benzene rings is 1. The van der Waals surface area contributed by atoms with Crippen LogP contribution in [-0.4, -0.2) is 19.8 Å². The zero-order valence-corrected chi connectivity index (χ0v) is 9.94. The van der Waals surface area contributed by atoms with E-state index in [-0.39, 0.29) is 6.04 Å². The van der Waals surface area contributed by atoms with E-state index in [1.54, 1.807) is 0 Å². The zero-order valence-electron chi connectivity index (χ0n) is 7.59. The molecular formula is C10H11BrClNO. The van der Waals surface area contributed by atoms with Gasteiger partial charge in [0, 0.05) is 16.0 Å². The average Bonchev–Trinajstić information content (AvgIpc) is 2.19. The second-order valence-electron chi connectivity index (χ2n) is 3.25. The Bertz CT molecular complexity index is 326. The predicted octanol–water partition coefficient (Wildman–Crippen LogP) is 2.76. The molecule has 0 unspecified atom stereocenters. The van der Waals surface area contributed by atoms with Crippen LogP contribution in [0.1, 0.15) is 11.6 Å². The summed E-state index contributed by atoms with van der Waals surface area (Å²) in [5.41, 5.74) is 1.11. The highest BCUT2D eigenvalue weighted by atomic mass is 79.9. The van der Waals surface area contributed by atoms with Gasteiger partial charge >= 0.3 is 0 Å². The third-order valence-corrected chi connectivity index (χ3v) is 3.08. The molecule has 1 N–H and O–H groups in total. The molecule has 0 spiro atoms. The van der Waals surface area contributed by atoms with Crippen molar-refractivity contribution in [3.05, 3.63) is 33.3 Å². The van der Waals surface area contributed by atoms with Gasteiger partial charge in [-0.3, -0.25) is 0 Å². The van der Waals surface area contributed by atoms with Gasteiger partial charge in [0.2, 0.25) is 0 Å². The lowest BCUT2D eigenvalue weighted by atomic mass is 10.1. The quantitative estimate of drug-likeness (QED) is 0.852. The Balaban J connectivity index is 2.22. The van der Waals surface area contributed by atoms with E-state index < -0.39 is 0 Å². The number of ether oxygens (including phenoxy) is 1. The molecule has 14 heavy (non-hydrogen) atoms. The Morgan fingerprint density at radius 2 is 2.36 bits per heavy atom. The van der Waals surface area contributed by atoms with Crippen molar-refractivity contribution in [3.63, 3.8) is 0 Å². The summed E-state index contributed by atoms with van der Waals surface area (Å²) >= 11 is 9.52. The van der Waals surface area contributed by atoms with Crippen molar-refractivity contribution in [1.82, 2.24) is 5.32 Å². The number of nitrogens with one attached hydrogen (secondary N) is 1. The molecule has 4 heteroatoms. The minimum Gasteiger partial charge on any atom is -0.378 e. The molecular weight excluding hydrogens is 265 g/mol. The SMILES string of the molecule is Clc1cc(Br)ccc1[C@H]1COCCN1. The molecule has 0 bridgehead atoms. The summed E-state index contributed by atoms with van der Waals surface area (Å²) in [6.07, 6.45) is 0. The fourth-order valence-corrected chi connectivity index (χ4v) is 2.35. The standard InChI is InChI=1S/C10H11BrClNO/c11-7-1-2-8(9(12)5-7)10-6-14-4-3-13-10/h1-2,5,10,13H,3-4,6H2/t10-/m1/s1. The van der Waals surface area contributed by atoms with Crippen LogP contribution < -0.4 is 5.32 Å². The lowest BCUT2D eigenvalue weighted by Crippen LogP contribution is -2.34. The van der Waals surface area contributed by atoms with E-state index in [4.69, 9.17) is 16.3 Å². The third kappa shape index (κ3) is 2.28. The molecule has 1 heterocycles. The largest absolute Gasteiger partial charge is 0.378 e. The van der Waals surface area contributed by atoms with Crippen LogP contribution in [-0.2, 0) is 4.74 Å². The molecule has 1 atom stereocenters. The van der Waals surface area contributed by atoms with Gasteiger partial charge < -0.3 is 10.1 Å². The Morgan fingerprint density at radius 3 is 3.00 bits per heavy atom. The monoisotopic (exact) mass is 275 g/mol. The fourth-order valence-electron chi connectivity index (χ4n) is 1.55. The maximum absolute atomic E-state index is 6.14. The van der Waals surface area contributed by atoms with Crippen molar-refractivity contribution in [2.45, 2.75) is 6.04 Å². The molecule has 2 nitrogen and oxygen atoms in total. The normalized spacial score (nSPS) is 22.3. The lowest BCUT2D eigenvalue weighted by molar-refractivity contribution is 0.0769. The molecule has 1 saturated heterocycles. The van der Waals surface area contributed by atoms with Crippen LogP contribution in [0.2, 0.25) is 5.02 Å². The fraction of sp³-hybridized carbons (Fsp3) is 0.400. The molecule has 0 aliphatic carbocycles. The first-order valence-electron chi connectivity index (χ1n) is 4.53. The molecule has 1 aromatic carbocycles. The van der Waals surface area contributed by atoms with Crippen molar-refractivity contribution < 1.29 is 4.74 Å². The number of hydrogen-bond acceptors (Lipinski definition) is 2. The van der Waals surface area contributed by atoms with Crippen LogP contribution in [0, 0.1) is 0 Å². The molecule has 76 valence electrons. The molecule has 1 fully saturated rings. The summed E-state index contributed by atoms with van der Waals surface area (Å²) in [5, 5.41) is 4.15. The first kappa shape index (κ1) is 10.4. The van der Waals surface area contributed by atoms with E-state index in [1.807, 2.05) is 18.2 Å². The molecule has 0 saturated carbocycles. The van der Waals surface area contributed by atoms with Crippen LogP contribution in [0.4, 0.5) is 0 Å². The maximum Gasteiger partial charge on any atom is 0.0662 e. The average molecular weight is 277 g/mol. The summed E-state index contributed by atoms with van der Waals surface area (Å²) < 4.78 is 6.39. The minimum absolute atomic E-state index is 0.226. The van der Waals surface area contributed by atoms with E-state index in [2.05, 4.69) is 21.2 Å². The Morgan fingerprint density at radius 1 is 1.50 bits per heavy atom. The molecule has 0 amide bonds. The highest BCUT2D eigenvalue weighted by molar-refractivity contribution is 9.10. The summed E-state index contributed by atoms with van der Waals surface area (Å²) in [6, 6.07) is 6.16. The predicted molar refractivity (Wildman–Crippen MR) is 60.7 cm³/mol. The summed E-state index contributed by atoms with van der Waals surface area (Å²) in [5.74, 6) is 0. The second kappa shape index (κ2) is 4.62. The van der Waals surface area contributed by atoms with E-state index >= 15 is 0 Å². The van der Waals surface area contributed by atoms with Crippen LogP contribution in [0.3, 0.4) is 0 Å². The van der Waals surface area contributed by atoms with Gasteiger partial charge in [-0.2, -0.15) is 0 Å². The van der Waals surface area contributed by atoms with Gasteiger partial charge in [-0.15, -0.1) is 0 Å². The third-order valence-electron chi connectivity index (χ3n) is 2.26. The highest BCUT2D eigenvalue weighted by Crippen LogP contribution is 2.27. The first-order valence-corrected chi connectivity index (χ1v) is 5.70. The molecule has 0 aromatic heterocycles. The first-order chi connectivity index (χ1) is 6.77. The molecule has 1 aliphatic heterocycles. The molecule has 2 rings (SSSR count). The van der Waals surface area contributed by atoms with Crippen molar-refractivity contribution in [2.75, 3.05) is 19.8 Å². The van der Waals surface area contributed by atoms with Gasteiger partial charge in [-0.1, -0.05) is 33.6 Å². The van der Waals surface area contributed by atoms with Gasteiger partial charge in [-0.05, 0) is 17.7 Å². The van der Waals surface area contributed by atoms with Crippen LogP contribution in [0.5, 0.6) is 0 Å². The molecule has 0 radical (unpaired) electrons. The van der Waals surface area contributed by atoms with Gasteiger partial charge in [0.1, 0.15) is 0 Å². The van der Waals surface area contributed by atoms with E-state index in [0.717, 1.165) is 28.2 Å².